The van der Waals surface area contributed by atoms with Crippen molar-refractivity contribution in [1.29, 1.82) is 0 Å². The van der Waals surface area contributed by atoms with Crippen LogP contribution in [-0.4, -0.2) is 20.2 Å². The minimum Gasteiger partial charge on any atom is -0.494 e. The molecule has 0 aliphatic heterocycles. The Labute approximate surface area is 102 Å². The van der Waals surface area contributed by atoms with E-state index in [1.807, 2.05) is 19.2 Å². The molecule has 0 heterocycles. The zero-order valence-electron chi connectivity index (χ0n) is 10.7. The second-order valence-corrected chi connectivity index (χ2v) is 5.13. The first-order chi connectivity index (χ1) is 8.10. The highest BCUT2D eigenvalue weighted by atomic mass is 19.1. The number of likely N-dealkylation sites (N-methyl/N-ethyl adjacent to an activating group) is 1. The van der Waals surface area contributed by atoms with Crippen molar-refractivity contribution in [2.24, 2.45) is 5.41 Å². The molecule has 0 radical (unpaired) electrons. The minimum atomic E-state index is -0.223. The molecule has 0 spiro atoms. The summed E-state index contributed by atoms with van der Waals surface area (Å²) >= 11 is 0. The maximum Gasteiger partial charge on any atom is 0.168 e. The van der Waals surface area contributed by atoms with E-state index in [1.165, 1.54) is 20.0 Å². The molecular weight excluding hydrogens is 217 g/mol. The summed E-state index contributed by atoms with van der Waals surface area (Å²) in [5.74, 6) is 0.109. The van der Waals surface area contributed by atoms with Gasteiger partial charge in [0.25, 0.3) is 0 Å². The highest BCUT2D eigenvalue weighted by Crippen LogP contribution is 2.49. The van der Waals surface area contributed by atoms with E-state index in [1.54, 1.807) is 6.07 Å². The van der Waals surface area contributed by atoms with Crippen molar-refractivity contribution in [3.63, 3.8) is 0 Å². The molecule has 1 fully saturated rings. The van der Waals surface area contributed by atoms with Gasteiger partial charge in [-0.05, 0) is 43.4 Å². The van der Waals surface area contributed by atoms with Crippen LogP contribution in [0, 0.1) is 11.2 Å². The monoisotopic (exact) mass is 237 g/mol. The molecule has 0 aromatic heterocycles. The lowest BCUT2D eigenvalue weighted by molar-refractivity contribution is 0.361. The maximum atomic E-state index is 14.0. The molecule has 1 saturated carbocycles. The van der Waals surface area contributed by atoms with E-state index in [0.717, 1.165) is 12.0 Å². The third-order valence-corrected chi connectivity index (χ3v) is 3.92. The molecule has 17 heavy (non-hydrogen) atoms. The van der Waals surface area contributed by atoms with Gasteiger partial charge >= 0.3 is 0 Å². The molecule has 1 aliphatic carbocycles. The molecule has 0 amide bonds. The van der Waals surface area contributed by atoms with E-state index in [0.29, 0.717) is 17.2 Å². The number of nitrogens with one attached hydrogen (secondary N) is 1. The van der Waals surface area contributed by atoms with E-state index in [-0.39, 0.29) is 5.82 Å². The summed E-state index contributed by atoms with van der Waals surface area (Å²) in [4.78, 5) is 0. The van der Waals surface area contributed by atoms with Crippen LogP contribution in [0.25, 0.3) is 0 Å². The van der Waals surface area contributed by atoms with Crippen molar-refractivity contribution in [3.8, 4) is 5.75 Å². The Hall–Kier alpha value is -1.09. The lowest BCUT2D eigenvalue weighted by Crippen LogP contribution is -2.35. The number of methoxy groups -OCH3 is 1. The number of ether oxygens (including phenoxy) is 1. The SMILES string of the molecule is CNC(Cc1cccc(OC)c1F)C1(C)CC1. The van der Waals surface area contributed by atoms with Crippen LogP contribution >= 0.6 is 0 Å². The van der Waals surface area contributed by atoms with Gasteiger partial charge in [-0.1, -0.05) is 19.1 Å². The van der Waals surface area contributed by atoms with Gasteiger partial charge in [-0.25, -0.2) is 4.39 Å². The first-order valence-corrected chi connectivity index (χ1v) is 6.09. The number of hydrogen-bond donors (Lipinski definition) is 1. The van der Waals surface area contributed by atoms with E-state index in [9.17, 15) is 4.39 Å². The first kappa shape index (κ1) is 12.4. The summed E-state index contributed by atoms with van der Waals surface area (Å²) < 4.78 is 19.0. The second kappa shape index (κ2) is 4.65. The molecule has 3 heteroatoms. The molecule has 0 saturated heterocycles. The topological polar surface area (TPSA) is 21.3 Å². The third-order valence-electron chi connectivity index (χ3n) is 3.92. The van der Waals surface area contributed by atoms with Gasteiger partial charge in [0.2, 0.25) is 0 Å². The number of rotatable bonds is 5. The molecular formula is C14H20FNO. The average Bonchev–Trinajstić information content (AvgIpc) is 3.07. The summed E-state index contributed by atoms with van der Waals surface area (Å²) in [6.07, 6.45) is 3.17. The van der Waals surface area contributed by atoms with Gasteiger partial charge < -0.3 is 10.1 Å². The van der Waals surface area contributed by atoms with Crippen LogP contribution in [0.5, 0.6) is 5.75 Å². The van der Waals surface area contributed by atoms with Crippen LogP contribution in [0.3, 0.4) is 0 Å². The molecule has 0 bridgehead atoms. The Morgan fingerprint density at radius 2 is 2.18 bits per heavy atom. The number of benzene rings is 1. The molecule has 1 aromatic rings. The predicted molar refractivity (Wildman–Crippen MR) is 66.8 cm³/mol. The fraction of sp³-hybridized carbons (Fsp3) is 0.571. The van der Waals surface area contributed by atoms with Crippen molar-refractivity contribution in [1.82, 2.24) is 5.32 Å². The summed E-state index contributed by atoms with van der Waals surface area (Å²) in [6.45, 7) is 2.26. The predicted octanol–water partition coefficient (Wildman–Crippen LogP) is 2.76. The Morgan fingerprint density at radius 1 is 1.47 bits per heavy atom. The standard InChI is InChI=1S/C14H20FNO/c1-14(7-8-14)12(16-2)9-10-5-4-6-11(17-3)13(10)15/h4-6,12,16H,7-9H2,1-3H3. The second-order valence-electron chi connectivity index (χ2n) is 5.13. The lowest BCUT2D eigenvalue weighted by atomic mass is 9.92. The molecule has 2 rings (SSSR count). The van der Waals surface area contributed by atoms with Crippen LogP contribution in [0.2, 0.25) is 0 Å². The zero-order chi connectivity index (χ0) is 12.5. The molecule has 1 unspecified atom stereocenters. The van der Waals surface area contributed by atoms with Gasteiger partial charge in [-0.3, -0.25) is 0 Å². The lowest BCUT2D eigenvalue weighted by Gasteiger charge is -2.23. The van der Waals surface area contributed by atoms with E-state index in [4.69, 9.17) is 4.74 Å². The molecule has 1 atom stereocenters. The number of halogens is 1. The van der Waals surface area contributed by atoms with E-state index >= 15 is 0 Å². The minimum absolute atomic E-state index is 0.223. The van der Waals surface area contributed by atoms with Crippen molar-refractivity contribution in [3.05, 3.63) is 29.6 Å². The third kappa shape index (κ3) is 2.44. The first-order valence-electron chi connectivity index (χ1n) is 6.09. The normalized spacial score (nSPS) is 18.8. The quantitative estimate of drug-likeness (QED) is 0.850. The van der Waals surface area contributed by atoms with Crippen LogP contribution in [0.4, 0.5) is 4.39 Å². The maximum absolute atomic E-state index is 14.0. The van der Waals surface area contributed by atoms with Gasteiger partial charge in [-0.15, -0.1) is 0 Å². The molecule has 1 aromatic carbocycles. The summed E-state index contributed by atoms with van der Waals surface area (Å²) in [6, 6.07) is 5.68. The summed E-state index contributed by atoms with van der Waals surface area (Å²) in [7, 11) is 3.45. The molecule has 2 nitrogen and oxygen atoms in total. The number of hydrogen-bond acceptors (Lipinski definition) is 2. The van der Waals surface area contributed by atoms with Gasteiger partial charge in [0.15, 0.2) is 11.6 Å². The van der Waals surface area contributed by atoms with Gasteiger partial charge in [0.1, 0.15) is 0 Å². The van der Waals surface area contributed by atoms with Crippen LogP contribution in [-0.2, 0) is 6.42 Å². The van der Waals surface area contributed by atoms with Crippen molar-refractivity contribution in [2.75, 3.05) is 14.2 Å². The smallest absolute Gasteiger partial charge is 0.168 e. The molecule has 1 N–H and O–H groups in total. The zero-order valence-corrected chi connectivity index (χ0v) is 10.7. The highest BCUT2D eigenvalue weighted by Gasteiger charge is 2.44. The molecule has 1 aliphatic rings. The van der Waals surface area contributed by atoms with Gasteiger partial charge in [0, 0.05) is 6.04 Å². The largest absolute Gasteiger partial charge is 0.494 e. The Bertz CT molecular complexity index is 401. The van der Waals surface area contributed by atoms with Crippen LogP contribution in [0.15, 0.2) is 18.2 Å². The van der Waals surface area contributed by atoms with E-state index in [2.05, 4.69) is 12.2 Å². The van der Waals surface area contributed by atoms with Crippen LogP contribution in [0.1, 0.15) is 25.3 Å². The van der Waals surface area contributed by atoms with Gasteiger partial charge in [-0.2, -0.15) is 0 Å². The van der Waals surface area contributed by atoms with Crippen molar-refractivity contribution in [2.45, 2.75) is 32.2 Å². The average molecular weight is 237 g/mol. The summed E-state index contributed by atoms with van der Waals surface area (Å²) in [5, 5.41) is 3.31. The van der Waals surface area contributed by atoms with Crippen LogP contribution < -0.4 is 10.1 Å². The summed E-state index contributed by atoms with van der Waals surface area (Å²) in [5.41, 5.74) is 1.07. The fourth-order valence-corrected chi connectivity index (χ4v) is 2.33. The van der Waals surface area contributed by atoms with Gasteiger partial charge in [0.05, 0.1) is 7.11 Å². The van der Waals surface area contributed by atoms with Crippen molar-refractivity contribution < 1.29 is 9.13 Å². The van der Waals surface area contributed by atoms with E-state index < -0.39 is 0 Å². The Kier molecular flexibility index (Phi) is 3.38. The Morgan fingerprint density at radius 3 is 2.71 bits per heavy atom. The highest BCUT2D eigenvalue weighted by molar-refractivity contribution is 5.32. The van der Waals surface area contributed by atoms with Crippen molar-refractivity contribution >= 4 is 0 Å². The Balaban J connectivity index is 2.17. The fourth-order valence-electron chi connectivity index (χ4n) is 2.33. The molecule has 94 valence electrons.